The van der Waals surface area contributed by atoms with Gasteiger partial charge in [0.05, 0.1) is 18.9 Å². The Kier molecular flexibility index (Phi) is 7.14. The fourth-order valence-corrected chi connectivity index (χ4v) is 2.13. The first-order chi connectivity index (χ1) is 9.08. The Hall–Kier alpha value is -0.830. The summed E-state index contributed by atoms with van der Waals surface area (Å²) in [6.45, 7) is 4.80. The summed E-state index contributed by atoms with van der Waals surface area (Å²) in [6, 6.07) is 0. The molecule has 0 aromatic carbocycles. The molecule has 0 saturated heterocycles. The van der Waals surface area contributed by atoms with Gasteiger partial charge in [-0.1, -0.05) is 0 Å². The van der Waals surface area contributed by atoms with Crippen molar-refractivity contribution >= 4 is 11.4 Å². The van der Waals surface area contributed by atoms with Crippen LogP contribution < -0.4 is 0 Å². The Balaban J connectivity index is 2.66. The molecule has 0 spiro atoms. The Morgan fingerprint density at radius 3 is 2.37 bits per heavy atom. The molecule has 0 amide bonds. The molecule has 0 radical (unpaired) electrons. The molecule has 1 unspecified atom stereocenters. The van der Waals surface area contributed by atoms with Crippen molar-refractivity contribution in [2.45, 2.75) is 13.5 Å². The molecule has 0 aliphatic heterocycles. The summed E-state index contributed by atoms with van der Waals surface area (Å²) < 4.78 is 34.7. The molecule has 0 N–H and O–H groups in total. The Morgan fingerprint density at radius 1 is 1.37 bits per heavy atom. The molecule has 0 aliphatic carbocycles. The first-order valence-corrected chi connectivity index (χ1v) is 6.92. The van der Waals surface area contributed by atoms with Gasteiger partial charge < -0.3 is 9.47 Å². The Bertz CT molecular complexity index is 406. The molecule has 8 heteroatoms. The highest BCUT2D eigenvalue weighted by molar-refractivity contribution is 7.78. The molecule has 1 rings (SSSR count). The van der Waals surface area contributed by atoms with E-state index >= 15 is 0 Å². The van der Waals surface area contributed by atoms with Gasteiger partial charge in [0.1, 0.15) is 5.82 Å². The second kappa shape index (κ2) is 8.36. The predicted molar refractivity (Wildman–Crippen MR) is 70.6 cm³/mol. The van der Waals surface area contributed by atoms with Gasteiger partial charge in [0.15, 0.2) is 0 Å². The van der Waals surface area contributed by atoms with Crippen molar-refractivity contribution in [3.63, 3.8) is 0 Å². The molecular formula is C11H20FN3O3S. The third kappa shape index (κ3) is 5.35. The zero-order valence-corrected chi connectivity index (χ0v) is 12.3. The van der Waals surface area contributed by atoms with E-state index < -0.39 is 11.4 Å². The molecule has 19 heavy (non-hydrogen) atoms. The van der Waals surface area contributed by atoms with Crippen molar-refractivity contribution in [3.05, 3.63) is 17.7 Å². The number of methoxy groups -OCH3 is 2. The van der Waals surface area contributed by atoms with Crippen LogP contribution in [0.25, 0.3) is 0 Å². The summed E-state index contributed by atoms with van der Waals surface area (Å²) in [5.41, 5.74) is 0.677. The van der Waals surface area contributed by atoms with Crippen LogP contribution in [0, 0.1) is 6.92 Å². The van der Waals surface area contributed by atoms with E-state index in [1.54, 1.807) is 21.1 Å². The van der Waals surface area contributed by atoms with Crippen LogP contribution in [0.1, 0.15) is 11.5 Å². The minimum Gasteiger partial charge on any atom is -0.383 e. The van der Waals surface area contributed by atoms with Crippen LogP contribution in [-0.4, -0.2) is 58.6 Å². The number of imidazole rings is 1. The zero-order chi connectivity index (χ0) is 14.3. The highest BCUT2D eigenvalue weighted by Gasteiger charge is 2.12. The minimum absolute atomic E-state index is 0.397. The molecule has 1 aromatic rings. The van der Waals surface area contributed by atoms with Crippen LogP contribution in [0.4, 0.5) is 3.89 Å². The predicted octanol–water partition coefficient (Wildman–Crippen LogP) is 0.683. The van der Waals surface area contributed by atoms with Gasteiger partial charge in [-0.2, -0.15) is 4.21 Å². The van der Waals surface area contributed by atoms with Crippen LogP contribution in [0.15, 0.2) is 6.20 Å². The van der Waals surface area contributed by atoms with E-state index in [-0.39, 0.29) is 0 Å². The lowest BCUT2D eigenvalue weighted by Gasteiger charge is -2.20. The number of rotatable bonds is 9. The first kappa shape index (κ1) is 16.2. The summed E-state index contributed by atoms with van der Waals surface area (Å²) in [7, 11) is 3.28. The SMILES string of the molecule is COCCN(CCOC)Cc1cn(S(=O)F)c(C)n1. The molecule has 1 atom stereocenters. The largest absolute Gasteiger partial charge is 0.383 e. The number of hydrogen-bond acceptors (Lipinski definition) is 5. The second-order valence-corrected chi connectivity index (χ2v) is 4.88. The summed E-state index contributed by atoms with van der Waals surface area (Å²) in [6.07, 6.45) is 1.47. The van der Waals surface area contributed by atoms with Crippen LogP contribution in [0.2, 0.25) is 0 Å². The third-order valence-corrected chi connectivity index (χ3v) is 3.33. The lowest BCUT2D eigenvalue weighted by Crippen LogP contribution is -2.30. The lowest BCUT2D eigenvalue weighted by molar-refractivity contribution is 0.109. The van der Waals surface area contributed by atoms with Crippen molar-refractivity contribution in [1.82, 2.24) is 13.9 Å². The summed E-state index contributed by atoms with van der Waals surface area (Å²) in [5.74, 6) is 0.397. The van der Waals surface area contributed by atoms with Gasteiger partial charge in [0.2, 0.25) is 0 Å². The van der Waals surface area contributed by atoms with E-state index in [2.05, 4.69) is 9.88 Å². The average molecular weight is 293 g/mol. The standard InChI is InChI=1S/C11H20FN3O3S/c1-10-13-11(9-15(10)19(12)16)8-14(4-6-17-2)5-7-18-3/h9H,4-8H2,1-3H3. The van der Waals surface area contributed by atoms with Gasteiger partial charge >= 0.3 is 11.4 Å². The fraction of sp³-hybridized carbons (Fsp3) is 0.727. The molecule has 0 saturated carbocycles. The Morgan fingerprint density at radius 2 is 1.95 bits per heavy atom. The molecule has 0 bridgehead atoms. The molecule has 6 nitrogen and oxygen atoms in total. The number of nitrogens with zero attached hydrogens (tertiary/aromatic N) is 3. The van der Waals surface area contributed by atoms with E-state index in [9.17, 15) is 8.09 Å². The molecule has 0 aliphatic rings. The Labute approximate surface area is 115 Å². The molecular weight excluding hydrogens is 273 g/mol. The maximum absolute atomic E-state index is 12.8. The van der Waals surface area contributed by atoms with E-state index in [4.69, 9.17) is 9.47 Å². The van der Waals surface area contributed by atoms with Crippen LogP contribution >= 0.6 is 0 Å². The van der Waals surface area contributed by atoms with Crippen molar-refractivity contribution in [2.75, 3.05) is 40.5 Å². The molecule has 0 fully saturated rings. The van der Waals surface area contributed by atoms with E-state index in [1.165, 1.54) is 6.20 Å². The highest BCUT2D eigenvalue weighted by Crippen LogP contribution is 2.08. The normalized spacial score (nSPS) is 13.1. The maximum atomic E-state index is 12.8. The van der Waals surface area contributed by atoms with Gasteiger partial charge in [0.25, 0.3) is 0 Å². The monoisotopic (exact) mass is 293 g/mol. The minimum atomic E-state index is -2.56. The van der Waals surface area contributed by atoms with Gasteiger partial charge in [-0.3, -0.25) is 4.90 Å². The van der Waals surface area contributed by atoms with Crippen LogP contribution in [0.5, 0.6) is 0 Å². The average Bonchev–Trinajstić information content (AvgIpc) is 2.73. The summed E-state index contributed by atoms with van der Waals surface area (Å²) in [4.78, 5) is 6.28. The first-order valence-electron chi connectivity index (χ1n) is 5.92. The molecule has 1 aromatic heterocycles. The molecule has 1 heterocycles. The summed E-state index contributed by atoms with van der Waals surface area (Å²) in [5, 5.41) is 0. The second-order valence-electron chi connectivity index (χ2n) is 4.07. The van der Waals surface area contributed by atoms with Gasteiger partial charge in [-0.25, -0.2) is 8.96 Å². The van der Waals surface area contributed by atoms with E-state index in [0.29, 0.717) is 31.3 Å². The molecule has 110 valence electrons. The lowest BCUT2D eigenvalue weighted by atomic mass is 10.4. The van der Waals surface area contributed by atoms with Crippen molar-refractivity contribution in [1.29, 1.82) is 0 Å². The van der Waals surface area contributed by atoms with Crippen molar-refractivity contribution in [3.8, 4) is 0 Å². The highest BCUT2D eigenvalue weighted by atomic mass is 32.2. The number of ether oxygens (including phenoxy) is 2. The maximum Gasteiger partial charge on any atom is 0.309 e. The fourth-order valence-electron chi connectivity index (χ4n) is 1.68. The topological polar surface area (TPSA) is 56.6 Å². The van der Waals surface area contributed by atoms with Gasteiger partial charge in [-0.15, -0.1) is 3.89 Å². The van der Waals surface area contributed by atoms with Crippen LogP contribution in [0.3, 0.4) is 0 Å². The van der Waals surface area contributed by atoms with Crippen molar-refractivity contribution < 1.29 is 17.6 Å². The number of aromatic nitrogens is 2. The smallest absolute Gasteiger partial charge is 0.309 e. The summed E-state index contributed by atoms with van der Waals surface area (Å²) >= 11 is -2.56. The quantitative estimate of drug-likeness (QED) is 0.627. The third-order valence-electron chi connectivity index (χ3n) is 2.65. The van der Waals surface area contributed by atoms with Gasteiger partial charge in [-0.05, 0) is 6.92 Å². The number of halogens is 1. The number of hydrogen-bond donors (Lipinski definition) is 0. The van der Waals surface area contributed by atoms with E-state index in [1.807, 2.05) is 0 Å². The van der Waals surface area contributed by atoms with Crippen molar-refractivity contribution in [2.24, 2.45) is 0 Å². The van der Waals surface area contributed by atoms with Crippen LogP contribution in [-0.2, 0) is 27.4 Å². The zero-order valence-electron chi connectivity index (χ0n) is 11.5. The van der Waals surface area contributed by atoms with E-state index in [0.717, 1.165) is 17.1 Å². The number of aryl methyl sites for hydroxylation is 1. The van der Waals surface area contributed by atoms with Gasteiger partial charge in [0, 0.05) is 40.1 Å².